The lowest BCUT2D eigenvalue weighted by Crippen LogP contribution is -2.09. The van der Waals surface area contributed by atoms with Crippen LogP contribution in [-0.2, 0) is 13.7 Å². The maximum absolute atomic E-state index is 5.99. The number of rotatable bonds is 4. The van der Waals surface area contributed by atoms with E-state index in [0.717, 1.165) is 32.7 Å². The summed E-state index contributed by atoms with van der Waals surface area (Å²) in [4.78, 5) is 0. The molecule has 0 spiro atoms. The van der Waals surface area contributed by atoms with Crippen molar-refractivity contribution >= 4 is 15.9 Å². The van der Waals surface area contributed by atoms with Gasteiger partial charge in [0.2, 0.25) is 0 Å². The highest BCUT2D eigenvalue weighted by molar-refractivity contribution is 9.10. The first-order chi connectivity index (χ1) is 9.40. The molecule has 2 aromatic rings. The van der Waals surface area contributed by atoms with Gasteiger partial charge in [-0.1, -0.05) is 12.1 Å². The van der Waals surface area contributed by atoms with E-state index in [1.165, 1.54) is 0 Å². The van der Waals surface area contributed by atoms with Crippen molar-refractivity contribution in [3.05, 3.63) is 45.2 Å². The van der Waals surface area contributed by atoms with Gasteiger partial charge in [-0.3, -0.25) is 4.68 Å². The van der Waals surface area contributed by atoms with Gasteiger partial charge in [0, 0.05) is 18.7 Å². The minimum absolute atomic E-state index is 0.0534. The molecule has 2 N–H and O–H groups in total. The highest BCUT2D eigenvalue weighted by Gasteiger charge is 2.13. The van der Waals surface area contributed by atoms with Crippen molar-refractivity contribution in [1.29, 1.82) is 0 Å². The number of hydrogen-bond acceptors (Lipinski definition) is 3. The minimum atomic E-state index is -0.0534. The first-order valence-electron chi connectivity index (χ1n) is 6.57. The maximum atomic E-state index is 5.99. The van der Waals surface area contributed by atoms with Gasteiger partial charge in [-0.05, 0) is 48.3 Å². The number of hydrogen-bond donors (Lipinski definition) is 1. The van der Waals surface area contributed by atoms with Crippen molar-refractivity contribution in [2.24, 2.45) is 12.8 Å². The van der Waals surface area contributed by atoms with Crippen molar-refractivity contribution in [1.82, 2.24) is 9.78 Å². The summed E-state index contributed by atoms with van der Waals surface area (Å²) in [6.45, 7) is 6.43. The molecule has 1 aromatic carbocycles. The van der Waals surface area contributed by atoms with Crippen LogP contribution in [-0.4, -0.2) is 9.78 Å². The Morgan fingerprint density at radius 2 is 2.10 bits per heavy atom. The maximum Gasteiger partial charge on any atom is 0.131 e. The second kappa shape index (κ2) is 5.97. The fourth-order valence-electron chi connectivity index (χ4n) is 2.13. The number of nitrogens with two attached hydrogens (primary N) is 1. The molecule has 108 valence electrons. The molecule has 0 bridgehead atoms. The largest absolute Gasteiger partial charge is 0.487 e. The van der Waals surface area contributed by atoms with Gasteiger partial charge in [0.05, 0.1) is 15.9 Å². The van der Waals surface area contributed by atoms with E-state index in [1.54, 1.807) is 0 Å². The summed E-state index contributed by atoms with van der Waals surface area (Å²) < 4.78 is 8.80. The van der Waals surface area contributed by atoms with Crippen molar-refractivity contribution in [2.75, 3.05) is 0 Å². The Morgan fingerprint density at radius 1 is 1.40 bits per heavy atom. The molecule has 0 aliphatic heterocycles. The Bertz CT molecular complexity index is 620. The van der Waals surface area contributed by atoms with E-state index in [4.69, 9.17) is 10.5 Å². The van der Waals surface area contributed by atoms with Crippen LogP contribution in [0.4, 0.5) is 0 Å². The van der Waals surface area contributed by atoms with Crippen LogP contribution in [0.2, 0.25) is 0 Å². The van der Waals surface area contributed by atoms with Crippen LogP contribution in [0.25, 0.3) is 0 Å². The molecular weight excluding hydrogens is 318 g/mol. The van der Waals surface area contributed by atoms with Gasteiger partial charge in [-0.2, -0.15) is 5.10 Å². The van der Waals surface area contributed by atoms with Crippen LogP contribution >= 0.6 is 15.9 Å². The third-order valence-electron chi connectivity index (χ3n) is 3.29. The normalized spacial score (nSPS) is 12.5. The molecular formula is C15H20BrN3O. The van der Waals surface area contributed by atoms with Gasteiger partial charge >= 0.3 is 0 Å². The van der Waals surface area contributed by atoms with E-state index < -0.39 is 0 Å². The summed E-state index contributed by atoms with van der Waals surface area (Å²) in [6.07, 6.45) is 0. The summed E-state index contributed by atoms with van der Waals surface area (Å²) >= 11 is 3.55. The van der Waals surface area contributed by atoms with Gasteiger partial charge in [0.1, 0.15) is 12.4 Å². The molecule has 1 heterocycles. The zero-order chi connectivity index (χ0) is 14.9. The summed E-state index contributed by atoms with van der Waals surface area (Å²) in [5.74, 6) is 0.839. The van der Waals surface area contributed by atoms with E-state index in [1.807, 2.05) is 44.6 Å². The van der Waals surface area contributed by atoms with E-state index in [0.29, 0.717) is 6.61 Å². The standard InChI is InChI=1S/C15H20BrN3O/c1-9-5-6-12(10(2)17)14(7-9)20-8-13-15(16)11(3)18-19(13)4/h5-7,10H,8,17H2,1-4H3/t10-/m0/s1. The molecule has 0 radical (unpaired) electrons. The molecule has 1 atom stereocenters. The second-order valence-electron chi connectivity index (χ2n) is 5.09. The molecule has 2 rings (SSSR count). The lowest BCUT2D eigenvalue weighted by Gasteiger charge is -2.15. The Labute approximate surface area is 128 Å². The SMILES string of the molecule is Cc1ccc([C@H](C)N)c(OCc2c(Br)c(C)nn2C)c1. The second-order valence-corrected chi connectivity index (χ2v) is 5.88. The van der Waals surface area contributed by atoms with Crippen molar-refractivity contribution < 1.29 is 4.74 Å². The predicted molar refractivity (Wildman–Crippen MR) is 83.8 cm³/mol. The topological polar surface area (TPSA) is 53.1 Å². The van der Waals surface area contributed by atoms with Crippen LogP contribution in [0, 0.1) is 13.8 Å². The monoisotopic (exact) mass is 337 g/mol. The molecule has 0 aliphatic carbocycles. The first kappa shape index (κ1) is 15.1. The Hall–Kier alpha value is -1.33. The predicted octanol–water partition coefficient (Wildman–Crippen LogP) is 3.40. The van der Waals surface area contributed by atoms with E-state index in [2.05, 4.69) is 27.1 Å². The van der Waals surface area contributed by atoms with Crippen molar-refractivity contribution in [2.45, 2.75) is 33.4 Å². The van der Waals surface area contributed by atoms with E-state index in [-0.39, 0.29) is 6.04 Å². The first-order valence-corrected chi connectivity index (χ1v) is 7.36. The van der Waals surface area contributed by atoms with E-state index in [9.17, 15) is 0 Å². The molecule has 0 fully saturated rings. The zero-order valence-electron chi connectivity index (χ0n) is 12.3. The smallest absolute Gasteiger partial charge is 0.131 e. The number of halogens is 1. The summed E-state index contributed by atoms with van der Waals surface area (Å²) in [7, 11) is 1.92. The highest BCUT2D eigenvalue weighted by Crippen LogP contribution is 2.27. The third-order valence-corrected chi connectivity index (χ3v) is 4.32. The fourth-order valence-corrected chi connectivity index (χ4v) is 2.58. The number of ether oxygens (including phenoxy) is 1. The Morgan fingerprint density at radius 3 is 2.65 bits per heavy atom. The average molecular weight is 338 g/mol. The van der Waals surface area contributed by atoms with Crippen LogP contribution in [0.5, 0.6) is 5.75 Å². The van der Waals surface area contributed by atoms with Gasteiger partial charge in [0.15, 0.2) is 0 Å². The molecule has 0 amide bonds. The number of benzene rings is 1. The number of aryl methyl sites for hydroxylation is 3. The molecule has 4 nitrogen and oxygen atoms in total. The summed E-state index contributed by atoms with van der Waals surface area (Å²) in [5.41, 5.74) is 10.1. The lowest BCUT2D eigenvalue weighted by molar-refractivity contribution is 0.289. The third kappa shape index (κ3) is 3.04. The molecule has 5 heteroatoms. The van der Waals surface area contributed by atoms with Crippen molar-refractivity contribution in [3.8, 4) is 5.75 Å². The molecule has 1 aromatic heterocycles. The lowest BCUT2D eigenvalue weighted by atomic mass is 10.1. The van der Waals surface area contributed by atoms with Crippen LogP contribution in [0.3, 0.4) is 0 Å². The fraction of sp³-hybridized carbons (Fsp3) is 0.400. The van der Waals surface area contributed by atoms with Crippen LogP contribution < -0.4 is 10.5 Å². The summed E-state index contributed by atoms with van der Waals surface area (Å²) in [5, 5.41) is 4.36. The molecule has 20 heavy (non-hydrogen) atoms. The molecule has 0 aliphatic rings. The van der Waals surface area contributed by atoms with Crippen LogP contribution in [0.1, 0.15) is 35.5 Å². The number of nitrogens with zero attached hydrogens (tertiary/aromatic N) is 2. The Kier molecular flexibility index (Phi) is 4.50. The van der Waals surface area contributed by atoms with Gasteiger partial charge < -0.3 is 10.5 Å². The van der Waals surface area contributed by atoms with Gasteiger partial charge in [0.25, 0.3) is 0 Å². The molecule has 0 unspecified atom stereocenters. The zero-order valence-corrected chi connectivity index (χ0v) is 13.9. The van der Waals surface area contributed by atoms with Gasteiger partial charge in [-0.15, -0.1) is 0 Å². The van der Waals surface area contributed by atoms with Crippen LogP contribution in [0.15, 0.2) is 22.7 Å². The van der Waals surface area contributed by atoms with Gasteiger partial charge in [-0.25, -0.2) is 0 Å². The Balaban J connectivity index is 2.24. The van der Waals surface area contributed by atoms with Crippen molar-refractivity contribution in [3.63, 3.8) is 0 Å². The molecule has 0 saturated heterocycles. The van der Waals surface area contributed by atoms with E-state index >= 15 is 0 Å². The average Bonchev–Trinajstić information content (AvgIpc) is 2.61. The molecule has 0 saturated carbocycles. The highest BCUT2D eigenvalue weighted by atomic mass is 79.9. The summed E-state index contributed by atoms with van der Waals surface area (Å²) in [6, 6.07) is 6.05. The number of aromatic nitrogens is 2. The minimum Gasteiger partial charge on any atom is -0.487 e. The quantitative estimate of drug-likeness (QED) is 0.930.